The number of fused-ring (bicyclic) bond motifs is 1. The van der Waals surface area contributed by atoms with Crippen molar-refractivity contribution in [3.05, 3.63) is 48.0 Å². The molecule has 6 heteroatoms. The summed E-state index contributed by atoms with van der Waals surface area (Å²) in [5, 5.41) is 9.20. The van der Waals surface area contributed by atoms with Crippen molar-refractivity contribution in [2.75, 3.05) is 13.7 Å². The Morgan fingerprint density at radius 2 is 2.15 bits per heavy atom. The van der Waals surface area contributed by atoms with E-state index in [4.69, 9.17) is 13.9 Å². The first-order chi connectivity index (χ1) is 12.7. The van der Waals surface area contributed by atoms with Gasteiger partial charge in [0.1, 0.15) is 24.2 Å². The maximum absolute atomic E-state index is 9.20. The SMILES string of the molecule is CO[C@@]12CC[C@H](Oc3ccccn3)C[C@@H]1N(Cc1ccc(CO)o1)CC2. The fourth-order valence-corrected chi connectivity index (χ4v) is 4.43. The molecule has 2 aromatic rings. The highest BCUT2D eigenvalue weighted by Gasteiger charge is 2.51. The van der Waals surface area contributed by atoms with Crippen LogP contribution in [0.5, 0.6) is 5.88 Å². The minimum absolute atomic E-state index is 0.0641. The molecule has 1 saturated carbocycles. The largest absolute Gasteiger partial charge is 0.474 e. The Hall–Kier alpha value is -1.89. The van der Waals surface area contributed by atoms with Crippen molar-refractivity contribution in [3.8, 4) is 5.88 Å². The van der Waals surface area contributed by atoms with Crippen LogP contribution in [0.15, 0.2) is 40.9 Å². The number of aliphatic hydroxyl groups is 1. The quantitative estimate of drug-likeness (QED) is 0.856. The second-order valence-corrected chi connectivity index (χ2v) is 7.21. The van der Waals surface area contributed by atoms with Crippen molar-refractivity contribution < 1.29 is 19.0 Å². The van der Waals surface area contributed by atoms with E-state index in [2.05, 4.69) is 9.88 Å². The van der Waals surface area contributed by atoms with Crippen LogP contribution in [-0.2, 0) is 17.9 Å². The molecular weight excluding hydrogens is 332 g/mol. The lowest BCUT2D eigenvalue weighted by atomic mass is 9.79. The number of pyridine rings is 1. The fraction of sp³-hybridized carbons (Fsp3) is 0.550. The number of hydrogen-bond donors (Lipinski definition) is 1. The Kier molecular flexibility index (Phi) is 4.98. The van der Waals surface area contributed by atoms with Gasteiger partial charge >= 0.3 is 0 Å². The Balaban J connectivity index is 1.47. The predicted molar refractivity (Wildman–Crippen MR) is 95.7 cm³/mol. The molecule has 1 aliphatic carbocycles. The maximum Gasteiger partial charge on any atom is 0.213 e. The van der Waals surface area contributed by atoms with Gasteiger partial charge in [-0.15, -0.1) is 0 Å². The van der Waals surface area contributed by atoms with E-state index < -0.39 is 0 Å². The van der Waals surface area contributed by atoms with E-state index in [-0.39, 0.29) is 24.4 Å². The van der Waals surface area contributed by atoms with E-state index in [1.54, 1.807) is 6.20 Å². The lowest BCUT2D eigenvalue weighted by molar-refractivity contribution is -0.0849. The topological polar surface area (TPSA) is 68.0 Å². The van der Waals surface area contributed by atoms with Crippen LogP contribution in [0.2, 0.25) is 0 Å². The molecule has 1 N–H and O–H groups in total. The summed E-state index contributed by atoms with van der Waals surface area (Å²) in [7, 11) is 1.83. The average Bonchev–Trinajstić information content (AvgIpc) is 3.28. The second-order valence-electron chi connectivity index (χ2n) is 7.21. The van der Waals surface area contributed by atoms with Crippen LogP contribution in [-0.4, -0.2) is 46.4 Å². The van der Waals surface area contributed by atoms with Gasteiger partial charge < -0.3 is 19.0 Å². The highest BCUT2D eigenvalue weighted by atomic mass is 16.5. The molecule has 3 atom stereocenters. The second kappa shape index (κ2) is 7.39. The average molecular weight is 358 g/mol. The molecule has 2 fully saturated rings. The molecule has 0 bridgehead atoms. The van der Waals surface area contributed by atoms with Gasteiger partial charge in [-0.25, -0.2) is 4.98 Å². The summed E-state index contributed by atoms with van der Waals surface area (Å²) in [6.45, 7) is 1.64. The molecular formula is C20H26N2O4. The number of aliphatic hydroxyl groups excluding tert-OH is 1. The van der Waals surface area contributed by atoms with Crippen molar-refractivity contribution >= 4 is 0 Å². The number of ether oxygens (including phenoxy) is 2. The van der Waals surface area contributed by atoms with E-state index >= 15 is 0 Å². The fourth-order valence-electron chi connectivity index (χ4n) is 4.43. The van der Waals surface area contributed by atoms with Crippen LogP contribution in [0.25, 0.3) is 0 Å². The van der Waals surface area contributed by atoms with Gasteiger partial charge in [0.2, 0.25) is 5.88 Å². The zero-order valence-electron chi connectivity index (χ0n) is 15.1. The van der Waals surface area contributed by atoms with E-state index in [1.807, 2.05) is 37.4 Å². The Bertz CT molecular complexity index is 720. The first-order valence-electron chi connectivity index (χ1n) is 9.28. The van der Waals surface area contributed by atoms with Crippen LogP contribution in [0.3, 0.4) is 0 Å². The van der Waals surface area contributed by atoms with Crippen LogP contribution in [0.1, 0.15) is 37.2 Å². The minimum atomic E-state index is -0.101. The summed E-state index contributed by atoms with van der Waals surface area (Å²) < 4.78 is 17.8. The normalized spacial score (nSPS) is 28.8. The zero-order chi connectivity index (χ0) is 18.0. The lowest BCUT2D eigenvalue weighted by Crippen LogP contribution is -2.52. The van der Waals surface area contributed by atoms with Gasteiger partial charge in [-0.1, -0.05) is 6.07 Å². The van der Waals surface area contributed by atoms with Crippen LogP contribution in [0, 0.1) is 0 Å². The third-order valence-electron chi connectivity index (χ3n) is 5.81. The molecule has 140 valence electrons. The molecule has 0 spiro atoms. The number of furan rings is 1. The van der Waals surface area contributed by atoms with Crippen LogP contribution < -0.4 is 4.74 Å². The minimum Gasteiger partial charge on any atom is -0.474 e. The van der Waals surface area contributed by atoms with Gasteiger partial charge in [-0.2, -0.15) is 0 Å². The summed E-state index contributed by atoms with van der Waals surface area (Å²) in [5.41, 5.74) is -0.101. The van der Waals surface area contributed by atoms with Crippen molar-refractivity contribution in [2.24, 2.45) is 0 Å². The number of nitrogens with zero attached hydrogens (tertiary/aromatic N) is 2. The molecule has 1 aliphatic heterocycles. The molecule has 0 radical (unpaired) electrons. The molecule has 1 saturated heterocycles. The Morgan fingerprint density at radius 1 is 1.27 bits per heavy atom. The lowest BCUT2D eigenvalue weighted by Gasteiger charge is -2.43. The van der Waals surface area contributed by atoms with Crippen LogP contribution in [0.4, 0.5) is 0 Å². The number of rotatable bonds is 6. The standard InChI is InChI=1S/C20H26N2O4/c1-24-20-8-7-15(26-19-4-2-3-10-21-19)12-18(20)22(11-9-20)13-16-5-6-17(14-23)25-16/h2-6,10,15,18,23H,7-9,11-14H2,1H3/t15-,18-,20+/m0/s1. The molecule has 4 rings (SSSR count). The monoisotopic (exact) mass is 358 g/mol. The highest BCUT2D eigenvalue weighted by molar-refractivity contribution is 5.13. The molecule has 0 amide bonds. The van der Waals surface area contributed by atoms with E-state index in [9.17, 15) is 5.11 Å². The van der Waals surface area contributed by atoms with E-state index in [1.165, 1.54) is 0 Å². The van der Waals surface area contributed by atoms with Gasteiger partial charge in [-0.05, 0) is 37.5 Å². The van der Waals surface area contributed by atoms with Gasteiger partial charge in [0.25, 0.3) is 0 Å². The maximum atomic E-state index is 9.20. The first kappa shape index (κ1) is 17.5. The Labute approximate surface area is 153 Å². The van der Waals surface area contributed by atoms with Crippen molar-refractivity contribution in [1.82, 2.24) is 9.88 Å². The van der Waals surface area contributed by atoms with Crippen molar-refractivity contribution in [3.63, 3.8) is 0 Å². The van der Waals surface area contributed by atoms with Gasteiger partial charge in [-0.3, -0.25) is 4.90 Å². The van der Waals surface area contributed by atoms with Crippen LogP contribution >= 0.6 is 0 Å². The number of aromatic nitrogens is 1. The molecule has 26 heavy (non-hydrogen) atoms. The molecule has 0 aromatic carbocycles. The Morgan fingerprint density at radius 3 is 2.88 bits per heavy atom. The molecule has 6 nitrogen and oxygen atoms in total. The molecule has 3 heterocycles. The summed E-state index contributed by atoms with van der Waals surface area (Å²) in [6, 6.07) is 9.82. The predicted octanol–water partition coefficient (Wildman–Crippen LogP) is 2.76. The number of likely N-dealkylation sites (tertiary alicyclic amines) is 1. The number of hydrogen-bond acceptors (Lipinski definition) is 6. The molecule has 2 aliphatic rings. The first-order valence-corrected chi connectivity index (χ1v) is 9.28. The summed E-state index contributed by atoms with van der Waals surface area (Å²) in [4.78, 5) is 6.72. The third kappa shape index (κ3) is 3.37. The molecule has 0 unspecified atom stereocenters. The van der Waals surface area contributed by atoms with Gasteiger partial charge in [0.15, 0.2) is 0 Å². The smallest absolute Gasteiger partial charge is 0.213 e. The van der Waals surface area contributed by atoms with Crippen molar-refractivity contribution in [1.29, 1.82) is 0 Å². The summed E-state index contributed by atoms with van der Waals surface area (Å²) >= 11 is 0. The van der Waals surface area contributed by atoms with E-state index in [0.717, 1.165) is 44.5 Å². The molecule has 2 aromatic heterocycles. The summed E-state index contributed by atoms with van der Waals surface area (Å²) in [5.74, 6) is 2.18. The van der Waals surface area contributed by atoms with E-state index in [0.29, 0.717) is 11.6 Å². The number of methoxy groups -OCH3 is 1. The third-order valence-corrected chi connectivity index (χ3v) is 5.81. The highest BCUT2D eigenvalue weighted by Crippen LogP contribution is 2.43. The van der Waals surface area contributed by atoms with Crippen molar-refractivity contribution in [2.45, 2.75) is 56.6 Å². The van der Waals surface area contributed by atoms with Gasteiger partial charge in [0, 0.05) is 38.4 Å². The summed E-state index contributed by atoms with van der Waals surface area (Å²) in [6.07, 6.45) is 5.81. The zero-order valence-corrected chi connectivity index (χ0v) is 15.1. The van der Waals surface area contributed by atoms with Gasteiger partial charge in [0.05, 0.1) is 12.1 Å².